The minimum Gasteiger partial charge on any atom is -0.497 e. The summed E-state index contributed by atoms with van der Waals surface area (Å²) in [4.78, 5) is 13.0. The molecule has 0 spiro atoms. The first kappa shape index (κ1) is 19.1. The standard InChI is InChI=1S/C19H28N2O2.ClH/c1-23-16-9-7-15(8-10-16)19(11-3-2-4-12-19)18(22)21-13-17(20)14-5-6-14;/h7-10,14,17H,2-6,11-13,20H2,1H3,(H,21,22);1H. The Morgan fingerprint density at radius 1 is 1.25 bits per heavy atom. The SMILES string of the molecule is COc1ccc(C2(C(=O)NCC(N)C3CC3)CCCCC2)cc1.Cl. The Bertz CT molecular complexity index is 537. The number of hydrogen-bond donors (Lipinski definition) is 2. The average Bonchev–Trinajstić information content (AvgIpc) is 3.45. The van der Waals surface area contributed by atoms with Gasteiger partial charge in [0, 0.05) is 12.6 Å². The van der Waals surface area contributed by atoms with Gasteiger partial charge in [-0.15, -0.1) is 12.4 Å². The zero-order valence-corrected chi connectivity index (χ0v) is 15.2. The smallest absolute Gasteiger partial charge is 0.230 e. The Labute approximate surface area is 150 Å². The maximum absolute atomic E-state index is 13.0. The number of ether oxygens (including phenoxy) is 1. The summed E-state index contributed by atoms with van der Waals surface area (Å²) in [5.41, 5.74) is 6.86. The lowest BCUT2D eigenvalue weighted by molar-refractivity contribution is -0.128. The Hall–Kier alpha value is -1.26. The van der Waals surface area contributed by atoms with Crippen molar-refractivity contribution >= 4 is 18.3 Å². The first-order valence-corrected chi connectivity index (χ1v) is 8.84. The topological polar surface area (TPSA) is 64.3 Å². The van der Waals surface area contributed by atoms with Crippen molar-refractivity contribution in [3.8, 4) is 5.75 Å². The van der Waals surface area contributed by atoms with Gasteiger partial charge < -0.3 is 15.8 Å². The van der Waals surface area contributed by atoms with Gasteiger partial charge in [0.25, 0.3) is 0 Å². The highest BCUT2D eigenvalue weighted by molar-refractivity contribution is 5.88. The van der Waals surface area contributed by atoms with Crippen LogP contribution in [0, 0.1) is 5.92 Å². The van der Waals surface area contributed by atoms with Crippen LogP contribution in [0.4, 0.5) is 0 Å². The Morgan fingerprint density at radius 2 is 1.88 bits per heavy atom. The molecular formula is C19H29ClN2O2. The largest absolute Gasteiger partial charge is 0.497 e. The second-order valence-corrected chi connectivity index (χ2v) is 7.08. The fourth-order valence-electron chi connectivity index (χ4n) is 3.78. The van der Waals surface area contributed by atoms with E-state index in [4.69, 9.17) is 10.5 Å². The molecule has 3 N–H and O–H groups in total. The summed E-state index contributed by atoms with van der Waals surface area (Å²) >= 11 is 0. The molecule has 0 saturated heterocycles. The summed E-state index contributed by atoms with van der Waals surface area (Å²) in [5.74, 6) is 1.59. The van der Waals surface area contributed by atoms with E-state index in [9.17, 15) is 4.79 Å². The molecule has 5 heteroatoms. The lowest BCUT2D eigenvalue weighted by Gasteiger charge is -2.36. The van der Waals surface area contributed by atoms with Gasteiger partial charge in [0.15, 0.2) is 0 Å². The fraction of sp³-hybridized carbons (Fsp3) is 0.632. The maximum atomic E-state index is 13.0. The van der Waals surface area contributed by atoms with Gasteiger partial charge in [-0.2, -0.15) is 0 Å². The molecule has 24 heavy (non-hydrogen) atoms. The van der Waals surface area contributed by atoms with E-state index < -0.39 is 5.41 Å². The second kappa shape index (κ2) is 8.21. The van der Waals surface area contributed by atoms with Crippen LogP contribution in [0.3, 0.4) is 0 Å². The van der Waals surface area contributed by atoms with Crippen molar-refractivity contribution in [3.05, 3.63) is 29.8 Å². The summed E-state index contributed by atoms with van der Waals surface area (Å²) in [5, 5.41) is 3.15. The molecule has 1 atom stereocenters. The third-order valence-electron chi connectivity index (χ3n) is 5.51. The number of halogens is 1. The molecule has 0 aliphatic heterocycles. The van der Waals surface area contributed by atoms with Crippen molar-refractivity contribution in [2.75, 3.05) is 13.7 Å². The van der Waals surface area contributed by atoms with Crippen molar-refractivity contribution in [1.29, 1.82) is 0 Å². The number of nitrogens with two attached hydrogens (primary N) is 1. The van der Waals surface area contributed by atoms with Crippen molar-refractivity contribution in [3.63, 3.8) is 0 Å². The van der Waals surface area contributed by atoms with Gasteiger partial charge in [0.1, 0.15) is 5.75 Å². The molecule has 0 heterocycles. The Balaban J connectivity index is 0.00000208. The van der Waals surface area contributed by atoms with Gasteiger partial charge >= 0.3 is 0 Å². The molecule has 1 unspecified atom stereocenters. The third kappa shape index (κ3) is 4.04. The van der Waals surface area contributed by atoms with Gasteiger partial charge in [-0.25, -0.2) is 0 Å². The van der Waals surface area contributed by atoms with Crippen LogP contribution < -0.4 is 15.8 Å². The van der Waals surface area contributed by atoms with Crippen LogP contribution in [0.5, 0.6) is 5.75 Å². The predicted octanol–water partition coefficient (Wildman–Crippen LogP) is 3.17. The maximum Gasteiger partial charge on any atom is 0.230 e. The van der Waals surface area contributed by atoms with Crippen molar-refractivity contribution < 1.29 is 9.53 Å². The van der Waals surface area contributed by atoms with Crippen molar-refractivity contribution in [2.24, 2.45) is 11.7 Å². The first-order chi connectivity index (χ1) is 11.2. The zero-order chi connectivity index (χ0) is 16.3. The fourth-order valence-corrected chi connectivity index (χ4v) is 3.78. The summed E-state index contributed by atoms with van der Waals surface area (Å²) in [6.07, 6.45) is 7.68. The van der Waals surface area contributed by atoms with E-state index in [-0.39, 0.29) is 24.4 Å². The van der Waals surface area contributed by atoms with Gasteiger partial charge in [-0.1, -0.05) is 31.4 Å². The molecule has 3 rings (SSSR count). The molecule has 2 fully saturated rings. The molecule has 134 valence electrons. The van der Waals surface area contributed by atoms with Crippen LogP contribution in [-0.4, -0.2) is 25.6 Å². The van der Waals surface area contributed by atoms with Crippen LogP contribution >= 0.6 is 12.4 Å². The van der Waals surface area contributed by atoms with Crippen molar-refractivity contribution in [1.82, 2.24) is 5.32 Å². The van der Waals surface area contributed by atoms with Crippen LogP contribution in [0.2, 0.25) is 0 Å². The van der Waals surface area contributed by atoms with E-state index in [1.54, 1.807) is 7.11 Å². The normalized spacial score (nSPS) is 20.6. The highest BCUT2D eigenvalue weighted by Crippen LogP contribution is 2.40. The number of hydrogen-bond acceptors (Lipinski definition) is 3. The lowest BCUT2D eigenvalue weighted by Crippen LogP contribution is -2.49. The van der Waals surface area contributed by atoms with E-state index in [1.807, 2.05) is 24.3 Å². The van der Waals surface area contributed by atoms with E-state index in [2.05, 4.69) is 5.32 Å². The number of carbonyl (C=O) groups excluding carboxylic acids is 1. The number of benzene rings is 1. The molecule has 0 radical (unpaired) electrons. The Morgan fingerprint density at radius 3 is 2.42 bits per heavy atom. The van der Waals surface area contributed by atoms with Crippen LogP contribution in [0.15, 0.2) is 24.3 Å². The van der Waals surface area contributed by atoms with Crippen LogP contribution in [0.25, 0.3) is 0 Å². The summed E-state index contributed by atoms with van der Waals surface area (Å²) in [6.45, 7) is 0.599. The average molecular weight is 353 g/mol. The van der Waals surface area contributed by atoms with E-state index >= 15 is 0 Å². The molecule has 0 bridgehead atoms. The minimum atomic E-state index is -0.395. The molecule has 2 aliphatic carbocycles. The third-order valence-corrected chi connectivity index (χ3v) is 5.51. The summed E-state index contributed by atoms with van der Waals surface area (Å²) < 4.78 is 5.25. The number of amides is 1. The first-order valence-electron chi connectivity index (χ1n) is 8.84. The second-order valence-electron chi connectivity index (χ2n) is 7.08. The number of methoxy groups -OCH3 is 1. The molecule has 1 aromatic rings. The molecular weight excluding hydrogens is 324 g/mol. The number of carbonyl (C=O) groups is 1. The summed E-state index contributed by atoms with van der Waals surface area (Å²) in [6, 6.07) is 8.11. The quantitative estimate of drug-likeness (QED) is 0.826. The highest BCUT2D eigenvalue weighted by Gasteiger charge is 2.41. The van der Waals surface area contributed by atoms with Gasteiger partial charge in [0.2, 0.25) is 5.91 Å². The van der Waals surface area contributed by atoms with E-state index in [0.717, 1.165) is 37.0 Å². The van der Waals surface area contributed by atoms with Crippen LogP contribution in [-0.2, 0) is 10.2 Å². The van der Waals surface area contributed by atoms with E-state index in [0.29, 0.717) is 12.5 Å². The van der Waals surface area contributed by atoms with Gasteiger partial charge in [0.05, 0.1) is 12.5 Å². The Kier molecular flexibility index (Phi) is 6.53. The summed E-state index contributed by atoms with van der Waals surface area (Å²) in [7, 11) is 1.66. The van der Waals surface area contributed by atoms with Crippen molar-refractivity contribution in [2.45, 2.75) is 56.4 Å². The zero-order valence-electron chi connectivity index (χ0n) is 14.4. The molecule has 1 amide bonds. The molecule has 1 aromatic carbocycles. The predicted molar refractivity (Wildman–Crippen MR) is 98.7 cm³/mol. The lowest BCUT2D eigenvalue weighted by atomic mass is 9.68. The molecule has 2 saturated carbocycles. The highest BCUT2D eigenvalue weighted by atomic mass is 35.5. The minimum absolute atomic E-state index is 0. The van der Waals surface area contributed by atoms with Crippen LogP contribution in [0.1, 0.15) is 50.5 Å². The monoisotopic (exact) mass is 352 g/mol. The molecule has 2 aliphatic rings. The molecule has 4 nitrogen and oxygen atoms in total. The number of nitrogens with one attached hydrogen (secondary N) is 1. The van der Waals surface area contributed by atoms with E-state index in [1.165, 1.54) is 19.3 Å². The van der Waals surface area contributed by atoms with Gasteiger partial charge in [-0.05, 0) is 49.3 Å². The van der Waals surface area contributed by atoms with Gasteiger partial charge in [-0.3, -0.25) is 4.79 Å². The molecule has 0 aromatic heterocycles. The number of rotatable bonds is 6.